The van der Waals surface area contributed by atoms with Gasteiger partial charge in [-0.3, -0.25) is 4.79 Å². The molecule has 1 unspecified atom stereocenters. The maximum Gasteiger partial charge on any atom is 0.256 e. The fraction of sp³-hybridized carbons (Fsp3) is 0.267. The molecule has 3 N–H and O–H groups in total. The van der Waals surface area contributed by atoms with Gasteiger partial charge in [-0.05, 0) is 38.5 Å². The van der Waals surface area contributed by atoms with Crippen molar-refractivity contribution in [3.05, 3.63) is 51.9 Å². The van der Waals surface area contributed by atoms with Gasteiger partial charge in [0.15, 0.2) is 0 Å². The van der Waals surface area contributed by atoms with Crippen molar-refractivity contribution in [3.8, 4) is 0 Å². The molecular weight excluding hydrogens is 340 g/mol. The van der Waals surface area contributed by atoms with E-state index in [0.717, 1.165) is 5.56 Å². The number of primary sulfonamides is 1. The number of carbonyl (C=O) groups excluding carboxylic acids is 1. The monoisotopic (exact) mass is 356 g/mol. The molecule has 2 rings (SSSR count). The quantitative estimate of drug-likeness (QED) is 0.878. The van der Waals surface area contributed by atoms with Crippen molar-refractivity contribution >= 4 is 27.5 Å². The first-order chi connectivity index (χ1) is 10.6. The first-order valence-corrected chi connectivity index (χ1v) is 8.72. The molecule has 2 aromatic rings. The van der Waals surface area contributed by atoms with Gasteiger partial charge in [-0.2, -0.15) is 0 Å². The molecule has 1 atom stereocenters. The third-order valence-electron chi connectivity index (χ3n) is 3.41. The Morgan fingerprint density at radius 3 is 2.52 bits per heavy atom. The van der Waals surface area contributed by atoms with E-state index < -0.39 is 15.9 Å². The summed E-state index contributed by atoms with van der Waals surface area (Å²) in [5.74, 6) is -0.288. The first-order valence-electron chi connectivity index (χ1n) is 6.80. The predicted octanol–water partition coefficient (Wildman–Crippen LogP) is 2.69. The lowest BCUT2D eigenvalue weighted by Gasteiger charge is -2.15. The largest absolute Gasteiger partial charge is 0.464 e. The number of sulfonamides is 1. The summed E-state index contributed by atoms with van der Waals surface area (Å²) in [7, 11) is -4.07. The second-order valence-corrected chi connectivity index (χ2v) is 7.15. The molecule has 1 aromatic carbocycles. The highest BCUT2D eigenvalue weighted by molar-refractivity contribution is 7.89. The van der Waals surface area contributed by atoms with Crippen molar-refractivity contribution < 1.29 is 17.6 Å². The van der Waals surface area contributed by atoms with Crippen molar-refractivity contribution in [2.24, 2.45) is 5.14 Å². The number of hydrogen-bond acceptors (Lipinski definition) is 4. The number of nitrogens with one attached hydrogen (secondary N) is 1. The summed E-state index contributed by atoms with van der Waals surface area (Å²) >= 11 is 5.93. The highest BCUT2D eigenvalue weighted by Crippen LogP contribution is 2.26. The van der Waals surface area contributed by atoms with Crippen molar-refractivity contribution in [2.45, 2.75) is 31.7 Å². The molecule has 1 amide bonds. The average Bonchev–Trinajstić information content (AvgIpc) is 2.73. The Hall–Kier alpha value is -1.83. The van der Waals surface area contributed by atoms with Crippen molar-refractivity contribution in [1.82, 2.24) is 5.32 Å². The molecule has 0 bridgehead atoms. The van der Waals surface area contributed by atoms with Crippen LogP contribution in [0.15, 0.2) is 33.6 Å². The van der Waals surface area contributed by atoms with E-state index in [1.54, 1.807) is 25.1 Å². The zero-order chi connectivity index (χ0) is 17.4. The van der Waals surface area contributed by atoms with Crippen LogP contribution in [-0.2, 0) is 10.0 Å². The summed E-state index contributed by atoms with van der Waals surface area (Å²) < 4.78 is 28.7. The molecule has 0 radical (unpaired) electrons. The van der Waals surface area contributed by atoms with Crippen LogP contribution in [0.1, 0.15) is 40.4 Å². The Balaban J connectivity index is 2.35. The third kappa shape index (κ3) is 3.74. The van der Waals surface area contributed by atoms with Crippen molar-refractivity contribution in [3.63, 3.8) is 0 Å². The van der Waals surface area contributed by atoms with Crippen LogP contribution < -0.4 is 10.5 Å². The van der Waals surface area contributed by atoms with Gasteiger partial charge >= 0.3 is 0 Å². The molecule has 8 heteroatoms. The predicted molar refractivity (Wildman–Crippen MR) is 86.9 cm³/mol. The molecule has 0 aliphatic rings. The summed E-state index contributed by atoms with van der Waals surface area (Å²) in [5.41, 5.74) is 0.722. The highest BCUT2D eigenvalue weighted by atomic mass is 35.5. The van der Waals surface area contributed by atoms with Crippen LogP contribution in [0, 0.1) is 13.8 Å². The van der Waals surface area contributed by atoms with E-state index in [1.165, 1.54) is 13.8 Å². The topological polar surface area (TPSA) is 102 Å². The number of nitrogens with two attached hydrogens (primary N) is 1. The lowest BCUT2D eigenvalue weighted by atomic mass is 10.1. The summed E-state index contributed by atoms with van der Waals surface area (Å²) in [4.78, 5) is 12.2. The second kappa shape index (κ2) is 6.35. The standard InChI is InChI=1S/C15H17ClN2O4S/c1-8(11-5-4-6-12(16)7-11)18-15(19)13-9(2)22-10(3)14(13)23(17,20)21/h4-8H,1-3H3,(H,18,19)(H2,17,20,21). The number of carbonyl (C=O) groups is 1. The number of halogens is 1. The third-order valence-corrected chi connectivity index (χ3v) is 4.71. The van der Waals surface area contributed by atoms with Crippen LogP contribution in [0.4, 0.5) is 0 Å². The van der Waals surface area contributed by atoms with Gasteiger partial charge in [0.25, 0.3) is 5.91 Å². The fourth-order valence-corrected chi connectivity index (χ4v) is 3.56. The first kappa shape index (κ1) is 17.5. The summed E-state index contributed by atoms with van der Waals surface area (Å²) in [6.07, 6.45) is 0. The molecular formula is C15H17ClN2O4S. The van der Waals surface area contributed by atoms with Crippen LogP contribution >= 0.6 is 11.6 Å². The Labute approximate surface area is 139 Å². The van der Waals surface area contributed by atoms with Gasteiger partial charge in [-0.25, -0.2) is 13.6 Å². The van der Waals surface area contributed by atoms with Crippen LogP contribution in [0.25, 0.3) is 0 Å². The molecule has 0 aliphatic carbocycles. The number of rotatable bonds is 4. The molecule has 1 aromatic heterocycles. The highest BCUT2D eigenvalue weighted by Gasteiger charge is 2.29. The van der Waals surface area contributed by atoms with E-state index in [9.17, 15) is 13.2 Å². The molecule has 23 heavy (non-hydrogen) atoms. The lowest BCUT2D eigenvalue weighted by Crippen LogP contribution is -2.29. The SMILES string of the molecule is Cc1oc(C)c(S(N)(=O)=O)c1C(=O)NC(C)c1cccc(Cl)c1. The van der Waals surface area contributed by atoms with Gasteiger partial charge in [0.05, 0.1) is 6.04 Å². The van der Waals surface area contributed by atoms with E-state index in [4.69, 9.17) is 21.2 Å². The number of benzene rings is 1. The zero-order valence-electron chi connectivity index (χ0n) is 12.9. The molecule has 124 valence electrons. The fourth-order valence-electron chi connectivity index (χ4n) is 2.40. The minimum atomic E-state index is -4.07. The summed E-state index contributed by atoms with van der Waals surface area (Å²) in [5, 5.41) is 8.46. The molecule has 0 fully saturated rings. The molecule has 6 nitrogen and oxygen atoms in total. The number of furan rings is 1. The van der Waals surface area contributed by atoms with Crippen molar-refractivity contribution in [1.29, 1.82) is 0 Å². The average molecular weight is 357 g/mol. The Bertz CT molecular complexity index is 858. The molecule has 0 aliphatic heterocycles. The molecule has 0 saturated carbocycles. The second-order valence-electron chi connectivity index (χ2n) is 5.21. The van der Waals surface area contributed by atoms with E-state index in [0.29, 0.717) is 5.02 Å². The van der Waals surface area contributed by atoms with Gasteiger partial charge in [0, 0.05) is 5.02 Å². The molecule has 0 saturated heterocycles. The van der Waals surface area contributed by atoms with Gasteiger partial charge in [-0.15, -0.1) is 0 Å². The molecule has 1 heterocycles. The normalized spacial score (nSPS) is 12.9. The summed E-state index contributed by atoms with van der Waals surface area (Å²) in [6, 6.07) is 6.65. The van der Waals surface area contributed by atoms with Gasteiger partial charge in [-0.1, -0.05) is 23.7 Å². The van der Waals surface area contributed by atoms with Gasteiger partial charge < -0.3 is 9.73 Å². The number of amides is 1. The minimum Gasteiger partial charge on any atom is -0.464 e. The number of hydrogen-bond donors (Lipinski definition) is 2. The maximum atomic E-state index is 12.5. The van der Waals surface area contributed by atoms with Crippen molar-refractivity contribution in [2.75, 3.05) is 0 Å². The lowest BCUT2D eigenvalue weighted by molar-refractivity contribution is 0.0935. The van der Waals surface area contributed by atoms with Gasteiger partial charge in [0.2, 0.25) is 10.0 Å². The smallest absolute Gasteiger partial charge is 0.256 e. The van der Waals surface area contributed by atoms with Gasteiger partial charge in [0.1, 0.15) is 22.0 Å². The zero-order valence-corrected chi connectivity index (χ0v) is 14.5. The Morgan fingerprint density at radius 2 is 1.96 bits per heavy atom. The Kier molecular flexibility index (Phi) is 4.84. The maximum absolute atomic E-state index is 12.5. The van der Waals surface area contributed by atoms with E-state index in [-0.39, 0.29) is 28.0 Å². The van der Waals surface area contributed by atoms with E-state index in [2.05, 4.69) is 5.32 Å². The number of aryl methyl sites for hydroxylation is 2. The van der Waals surface area contributed by atoms with Crippen LogP contribution in [0.2, 0.25) is 5.02 Å². The van der Waals surface area contributed by atoms with E-state index in [1.807, 2.05) is 6.07 Å². The van der Waals surface area contributed by atoms with Crippen LogP contribution in [0.3, 0.4) is 0 Å². The van der Waals surface area contributed by atoms with E-state index >= 15 is 0 Å². The molecule has 0 spiro atoms. The Morgan fingerprint density at radius 1 is 1.30 bits per heavy atom. The van der Waals surface area contributed by atoms with Crippen LogP contribution in [-0.4, -0.2) is 14.3 Å². The minimum absolute atomic E-state index is 0.0705. The van der Waals surface area contributed by atoms with Crippen LogP contribution in [0.5, 0.6) is 0 Å². The summed E-state index contributed by atoms with van der Waals surface area (Å²) in [6.45, 7) is 4.73.